The van der Waals surface area contributed by atoms with Crippen LogP contribution in [0.25, 0.3) is 0 Å². The Kier molecular flexibility index (Phi) is 5.55. The maximum atomic E-state index is 12.3. The second kappa shape index (κ2) is 7.84. The number of rotatable bonds is 7. The smallest absolute Gasteiger partial charge is 0.240 e. The van der Waals surface area contributed by atoms with Gasteiger partial charge < -0.3 is 9.73 Å². The molecular formula is C18H22N2O4S. The highest BCUT2D eigenvalue weighted by molar-refractivity contribution is 7.89. The normalized spacial score (nSPS) is 15.4. The van der Waals surface area contributed by atoms with Crippen molar-refractivity contribution in [1.82, 2.24) is 4.72 Å². The maximum absolute atomic E-state index is 12.3. The van der Waals surface area contributed by atoms with Crippen molar-refractivity contribution in [2.24, 2.45) is 5.92 Å². The third kappa shape index (κ3) is 4.93. The lowest BCUT2D eigenvalue weighted by atomic mass is 10.0. The Hall–Kier alpha value is -2.12. The zero-order chi connectivity index (χ0) is 17.7. The largest absolute Gasteiger partial charge is 0.468 e. The van der Waals surface area contributed by atoms with Crippen molar-refractivity contribution in [2.45, 2.75) is 43.5 Å². The van der Waals surface area contributed by atoms with E-state index in [0.717, 1.165) is 12.8 Å². The molecule has 2 aromatic rings. The van der Waals surface area contributed by atoms with E-state index in [1.165, 1.54) is 31.2 Å². The molecule has 2 N–H and O–H groups in total. The summed E-state index contributed by atoms with van der Waals surface area (Å²) < 4.78 is 32.1. The predicted octanol–water partition coefficient (Wildman–Crippen LogP) is 3.28. The first-order valence-corrected chi connectivity index (χ1v) is 9.93. The number of carbonyl (C=O) groups excluding carboxylic acids is 1. The van der Waals surface area contributed by atoms with E-state index in [0.29, 0.717) is 23.8 Å². The van der Waals surface area contributed by atoms with Gasteiger partial charge in [0.15, 0.2) is 0 Å². The van der Waals surface area contributed by atoms with Gasteiger partial charge in [0.2, 0.25) is 15.9 Å². The topological polar surface area (TPSA) is 88.4 Å². The number of hydrogen-bond acceptors (Lipinski definition) is 4. The van der Waals surface area contributed by atoms with Crippen LogP contribution in [0.2, 0.25) is 0 Å². The highest BCUT2D eigenvalue weighted by Crippen LogP contribution is 2.27. The number of benzene rings is 1. The number of anilines is 1. The fourth-order valence-electron chi connectivity index (χ4n) is 3.07. The Balaban J connectivity index is 1.56. The van der Waals surface area contributed by atoms with E-state index in [4.69, 9.17) is 4.42 Å². The summed E-state index contributed by atoms with van der Waals surface area (Å²) in [6.07, 6.45) is 6.67. The van der Waals surface area contributed by atoms with Gasteiger partial charge in [0, 0.05) is 12.1 Å². The molecule has 1 saturated carbocycles. The molecule has 1 fully saturated rings. The number of hydrogen-bond donors (Lipinski definition) is 2. The SMILES string of the molecule is O=C(CC1CCCC1)Nc1ccc(S(=O)(=O)NCc2ccco2)cc1. The number of amides is 1. The molecule has 0 saturated heterocycles. The molecule has 1 aliphatic carbocycles. The summed E-state index contributed by atoms with van der Waals surface area (Å²) in [5.74, 6) is 1.00. The zero-order valence-electron chi connectivity index (χ0n) is 13.9. The van der Waals surface area contributed by atoms with Crippen LogP contribution in [0.3, 0.4) is 0 Å². The lowest BCUT2D eigenvalue weighted by Crippen LogP contribution is -2.23. The molecule has 1 heterocycles. The molecule has 7 heteroatoms. The van der Waals surface area contributed by atoms with Crippen LogP contribution >= 0.6 is 0 Å². The van der Waals surface area contributed by atoms with E-state index < -0.39 is 10.0 Å². The van der Waals surface area contributed by atoms with E-state index >= 15 is 0 Å². The van der Waals surface area contributed by atoms with Gasteiger partial charge in [-0.25, -0.2) is 13.1 Å². The van der Waals surface area contributed by atoms with Gasteiger partial charge in [-0.15, -0.1) is 0 Å². The molecule has 0 atom stereocenters. The Labute approximate surface area is 147 Å². The Morgan fingerprint density at radius 2 is 1.84 bits per heavy atom. The minimum Gasteiger partial charge on any atom is -0.468 e. The number of carbonyl (C=O) groups is 1. The first-order valence-electron chi connectivity index (χ1n) is 8.45. The lowest BCUT2D eigenvalue weighted by molar-refractivity contribution is -0.117. The van der Waals surface area contributed by atoms with E-state index in [-0.39, 0.29) is 17.3 Å². The molecular weight excluding hydrogens is 340 g/mol. The Bertz CT molecular complexity index is 792. The van der Waals surface area contributed by atoms with Crippen LogP contribution in [0.1, 0.15) is 37.9 Å². The first kappa shape index (κ1) is 17.7. The minimum atomic E-state index is -3.62. The second-order valence-electron chi connectivity index (χ2n) is 6.33. The van der Waals surface area contributed by atoms with Crippen molar-refractivity contribution >= 4 is 21.6 Å². The minimum absolute atomic E-state index is 0.0153. The molecule has 25 heavy (non-hydrogen) atoms. The first-order chi connectivity index (χ1) is 12.0. The quantitative estimate of drug-likeness (QED) is 0.791. The van der Waals surface area contributed by atoms with Crippen LogP contribution in [0.4, 0.5) is 5.69 Å². The Morgan fingerprint density at radius 3 is 2.48 bits per heavy atom. The molecule has 1 aromatic heterocycles. The molecule has 1 aliphatic rings. The van der Waals surface area contributed by atoms with Gasteiger partial charge in [0.05, 0.1) is 17.7 Å². The van der Waals surface area contributed by atoms with E-state index in [1.807, 2.05) is 0 Å². The number of nitrogens with one attached hydrogen (secondary N) is 2. The summed E-state index contributed by atoms with van der Waals surface area (Å²) in [6.45, 7) is 0.0925. The van der Waals surface area contributed by atoms with Gasteiger partial charge in [0.25, 0.3) is 0 Å². The zero-order valence-corrected chi connectivity index (χ0v) is 14.7. The molecule has 0 radical (unpaired) electrons. The maximum Gasteiger partial charge on any atom is 0.240 e. The third-order valence-corrected chi connectivity index (χ3v) is 5.83. The molecule has 1 amide bonds. The van der Waals surface area contributed by atoms with Gasteiger partial charge in [-0.1, -0.05) is 12.8 Å². The predicted molar refractivity (Wildman–Crippen MR) is 94.4 cm³/mol. The van der Waals surface area contributed by atoms with Crippen LogP contribution in [-0.2, 0) is 21.4 Å². The van der Waals surface area contributed by atoms with Gasteiger partial charge in [-0.2, -0.15) is 0 Å². The highest BCUT2D eigenvalue weighted by Gasteiger charge is 2.19. The van der Waals surface area contributed by atoms with Crippen molar-refractivity contribution in [3.63, 3.8) is 0 Å². The van der Waals surface area contributed by atoms with Crippen molar-refractivity contribution in [3.05, 3.63) is 48.4 Å². The summed E-state index contributed by atoms with van der Waals surface area (Å²) in [7, 11) is -3.62. The van der Waals surface area contributed by atoms with Crippen molar-refractivity contribution in [3.8, 4) is 0 Å². The third-order valence-electron chi connectivity index (χ3n) is 4.41. The van der Waals surface area contributed by atoms with Crippen molar-refractivity contribution in [1.29, 1.82) is 0 Å². The van der Waals surface area contributed by atoms with Crippen LogP contribution in [0.15, 0.2) is 52.0 Å². The van der Waals surface area contributed by atoms with Crippen LogP contribution < -0.4 is 10.0 Å². The Morgan fingerprint density at radius 1 is 1.12 bits per heavy atom. The van der Waals surface area contributed by atoms with Crippen molar-refractivity contribution < 1.29 is 17.6 Å². The summed E-state index contributed by atoms with van der Waals surface area (Å²) >= 11 is 0. The number of sulfonamides is 1. The molecule has 6 nitrogen and oxygen atoms in total. The average molecular weight is 362 g/mol. The molecule has 0 spiro atoms. The molecule has 134 valence electrons. The van der Waals surface area contributed by atoms with Gasteiger partial charge in [-0.3, -0.25) is 4.79 Å². The summed E-state index contributed by atoms with van der Waals surface area (Å²) in [4.78, 5) is 12.2. The van der Waals surface area contributed by atoms with Gasteiger partial charge >= 0.3 is 0 Å². The lowest BCUT2D eigenvalue weighted by Gasteiger charge is -2.10. The standard InChI is InChI=1S/C18H22N2O4S/c21-18(12-14-4-1-2-5-14)20-15-7-9-17(10-8-15)25(22,23)19-13-16-6-3-11-24-16/h3,6-11,14,19H,1-2,4-5,12-13H2,(H,20,21). The molecule has 0 unspecified atom stereocenters. The van der Waals surface area contributed by atoms with E-state index in [2.05, 4.69) is 10.0 Å². The fourth-order valence-corrected chi connectivity index (χ4v) is 4.06. The van der Waals surface area contributed by atoms with Crippen LogP contribution in [0, 0.1) is 5.92 Å². The summed E-state index contributed by atoms with van der Waals surface area (Å²) in [6, 6.07) is 9.57. The summed E-state index contributed by atoms with van der Waals surface area (Å²) in [5.41, 5.74) is 0.605. The second-order valence-corrected chi connectivity index (χ2v) is 8.10. The molecule has 0 bridgehead atoms. The average Bonchev–Trinajstić information content (AvgIpc) is 3.27. The monoisotopic (exact) mass is 362 g/mol. The summed E-state index contributed by atoms with van der Waals surface area (Å²) in [5, 5.41) is 2.83. The number of furan rings is 1. The van der Waals surface area contributed by atoms with Gasteiger partial charge in [0.1, 0.15) is 5.76 Å². The van der Waals surface area contributed by atoms with Crippen molar-refractivity contribution in [2.75, 3.05) is 5.32 Å². The van der Waals surface area contributed by atoms with Crippen LogP contribution in [0.5, 0.6) is 0 Å². The highest BCUT2D eigenvalue weighted by atomic mass is 32.2. The molecule has 0 aliphatic heterocycles. The van der Waals surface area contributed by atoms with E-state index in [9.17, 15) is 13.2 Å². The van der Waals surface area contributed by atoms with Crippen LogP contribution in [-0.4, -0.2) is 14.3 Å². The van der Waals surface area contributed by atoms with Gasteiger partial charge in [-0.05, 0) is 55.2 Å². The fraction of sp³-hybridized carbons (Fsp3) is 0.389. The molecule has 1 aromatic carbocycles. The molecule has 3 rings (SSSR count). The van der Waals surface area contributed by atoms with E-state index in [1.54, 1.807) is 24.3 Å².